The highest BCUT2D eigenvalue weighted by molar-refractivity contribution is 7.98. The van der Waals surface area contributed by atoms with Crippen molar-refractivity contribution in [1.82, 2.24) is 19.8 Å². The van der Waals surface area contributed by atoms with Gasteiger partial charge in [0.05, 0.1) is 5.56 Å². The average Bonchev–Trinajstić information content (AvgIpc) is 3.15. The summed E-state index contributed by atoms with van der Waals surface area (Å²) in [4.78, 5) is 35.7. The molecule has 0 radical (unpaired) electrons. The topological polar surface area (TPSA) is 69.3 Å². The number of amides is 2. The molecule has 2 aromatic heterocycles. The number of H-pyrrole nitrogens is 1. The predicted octanol–water partition coefficient (Wildman–Crippen LogP) is 1.73. The Morgan fingerprint density at radius 1 is 1.09 bits per heavy atom. The normalized spacial score (nSPS) is 14.8. The van der Waals surface area contributed by atoms with Gasteiger partial charge in [-0.05, 0) is 30.5 Å². The molecule has 1 fully saturated rings. The molecule has 0 unspecified atom stereocenters. The third-order valence-electron chi connectivity index (χ3n) is 3.88. The number of carbonyl (C=O) groups excluding carboxylic acids is 2. The van der Waals surface area contributed by atoms with Crippen molar-refractivity contribution in [3.8, 4) is 0 Å². The maximum absolute atomic E-state index is 12.6. The summed E-state index contributed by atoms with van der Waals surface area (Å²) < 4.78 is 0. The Morgan fingerprint density at radius 2 is 1.78 bits per heavy atom. The molecule has 0 bridgehead atoms. The summed E-state index contributed by atoms with van der Waals surface area (Å²) >= 11 is 1.46. The van der Waals surface area contributed by atoms with Crippen LogP contribution < -0.4 is 0 Å². The first-order valence-electron chi connectivity index (χ1n) is 7.41. The molecule has 23 heavy (non-hydrogen) atoms. The van der Waals surface area contributed by atoms with Crippen molar-refractivity contribution in [3.63, 3.8) is 0 Å². The van der Waals surface area contributed by atoms with Gasteiger partial charge in [-0.1, -0.05) is 0 Å². The zero-order valence-electron chi connectivity index (χ0n) is 12.9. The van der Waals surface area contributed by atoms with Crippen LogP contribution in [0.3, 0.4) is 0 Å². The van der Waals surface area contributed by atoms with Gasteiger partial charge in [-0.15, -0.1) is 11.8 Å². The fourth-order valence-electron chi connectivity index (χ4n) is 2.63. The highest BCUT2D eigenvalue weighted by atomic mass is 32.2. The standard InChI is InChI=1S/C16H18N4O2S/c1-23-14-12(4-2-7-18-14)15(21)19-8-10-20(11-9-19)16(22)13-5-3-6-17-13/h2-7,17H,8-11H2,1H3. The summed E-state index contributed by atoms with van der Waals surface area (Å²) in [5, 5.41) is 0.738. The van der Waals surface area contributed by atoms with Crippen molar-refractivity contribution >= 4 is 23.6 Å². The summed E-state index contributed by atoms with van der Waals surface area (Å²) in [5.41, 5.74) is 1.21. The Kier molecular flexibility index (Phi) is 4.66. The molecule has 0 saturated carbocycles. The van der Waals surface area contributed by atoms with Gasteiger partial charge in [0.2, 0.25) is 0 Å². The number of nitrogens with one attached hydrogen (secondary N) is 1. The van der Waals surface area contributed by atoms with Gasteiger partial charge in [-0.3, -0.25) is 9.59 Å². The highest BCUT2D eigenvalue weighted by Gasteiger charge is 2.26. The number of hydrogen-bond donors (Lipinski definition) is 1. The quantitative estimate of drug-likeness (QED) is 0.870. The van der Waals surface area contributed by atoms with Crippen LogP contribution in [0.25, 0.3) is 0 Å². The molecule has 0 atom stereocenters. The molecular weight excluding hydrogens is 312 g/mol. The fraction of sp³-hybridized carbons (Fsp3) is 0.312. The zero-order valence-corrected chi connectivity index (χ0v) is 13.7. The monoisotopic (exact) mass is 330 g/mol. The van der Waals surface area contributed by atoms with E-state index in [1.165, 1.54) is 11.8 Å². The van der Waals surface area contributed by atoms with E-state index in [-0.39, 0.29) is 11.8 Å². The van der Waals surface area contributed by atoms with E-state index in [2.05, 4.69) is 9.97 Å². The van der Waals surface area contributed by atoms with Crippen LogP contribution in [0.5, 0.6) is 0 Å². The minimum atomic E-state index is -0.0201. The molecular formula is C16H18N4O2S. The van der Waals surface area contributed by atoms with Gasteiger partial charge in [0.15, 0.2) is 0 Å². The van der Waals surface area contributed by atoms with E-state index in [1.54, 1.807) is 46.5 Å². The van der Waals surface area contributed by atoms with Crippen molar-refractivity contribution < 1.29 is 9.59 Å². The minimum absolute atomic E-state index is 0.0191. The van der Waals surface area contributed by atoms with E-state index in [0.717, 1.165) is 5.03 Å². The van der Waals surface area contributed by atoms with Crippen LogP contribution in [0.4, 0.5) is 0 Å². The van der Waals surface area contributed by atoms with Gasteiger partial charge in [0.25, 0.3) is 11.8 Å². The SMILES string of the molecule is CSc1ncccc1C(=O)N1CCN(C(=O)c2ccc[nH]2)CC1. The second kappa shape index (κ2) is 6.87. The van der Waals surface area contributed by atoms with Crippen LogP contribution in [-0.4, -0.2) is 64.0 Å². The minimum Gasteiger partial charge on any atom is -0.357 e. The lowest BCUT2D eigenvalue weighted by Gasteiger charge is -2.34. The maximum Gasteiger partial charge on any atom is 0.270 e. The maximum atomic E-state index is 12.6. The van der Waals surface area contributed by atoms with Crippen LogP contribution in [0, 0.1) is 0 Å². The van der Waals surface area contributed by atoms with Gasteiger partial charge in [-0.25, -0.2) is 4.98 Å². The van der Waals surface area contributed by atoms with Crippen LogP contribution in [-0.2, 0) is 0 Å². The summed E-state index contributed by atoms with van der Waals surface area (Å²) in [7, 11) is 0. The fourth-order valence-corrected chi connectivity index (χ4v) is 3.17. The Morgan fingerprint density at radius 3 is 2.39 bits per heavy atom. The number of nitrogens with zero attached hydrogens (tertiary/aromatic N) is 3. The number of rotatable bonds is 3. The van der Waals surface area contributed by atoms with Gasteiger partial charge in [-0.2, -0.15) is 0 Å². The first-order chi connectivity index (χ1) is 11.2. The first kappa shape index (κ1) is 15.6. The van der Waals surface area contributed by atoms with Crippen molar-refractivity contribution in [2.24, 2.45) is 0 Å². The molecule has 1 saturated heterocycles. The molecule has 0 spiro atoms. The van der Waals surface area contributed by atoms with Crippen LogP contribution >= 0.6 is 11.8 Å². The highest BCUT2D eigenvalue weighted by Crippen LogP contribution is 2.19. The first-order valence-corrected chi connectivity index (χ1v) is 8.64. The molecule has 3 rings (SSSR count). The molecule has 1 N–H and O–H groups in total. The van der Waals surface area contributed by atoms with E-state index in [1.807, 2.05) is 6.26 Å². The van der Waals surface area contributed by atoms with Crippen LogP contribution in [0.15, 0.2) is 41.7 Å². The molecule has 2 amide bonds. The van der Waals surface area contributed by atoms with E-state index in [9.17, 15) is 9.59 Å². The van der Waals surface area contributed by atoms with Crippen LogP contribution in [0.1, 0.15) is 20.8 Å². The Labute approximate surface area is 138 Å². The second-order valence-corrected chi connectivity index (χ2v) is 6.02. The number of thioether (sulfide) groups is 1. The predicted molar refractivity (Wildman–Crippen MR) is 88.6 cm³/mol. The second-order valence-electron chi connectivity index (χ2n) is 5.23. The zero-order chi connectivity index (χ0) is 16.2. The third-order valence-corrected chi connectivity index (χ3v) is 4.59. The lowest BCUT2D eigenvalue weighted by Crippen LogP contribution is -2.50. The van der Waals surface area contributed by atoms with Gasteiger partial charge in [0, 0.05) is 38.6 Å². The van der Waals surface area contributed by atoms with E-state index < -0.39 is 0 Å². The number of aromatic amines is 1. The molecule has 6 nitrogen and oxygen atoms in total. The third kappa shape index (κ3) is 3.24. The molecule has 0 aliphatic carbocycles. The Bertz CT molecular complexity index is 694. The molecule has 7 heteroatoms. The van der Waals surface area contributed by atoms with Gasteiger partial charge < -0.3 is 14.8 Å². The van der Waals surface area contributed by atoms with Crippen molar-refractivity contribution in [2.45, 2.75) is 5.03 Å². The number of pyridine rings is 1. The Hall–Kier alpha value is -2.28. The summed E-state index contributed by atoms with van der Waals surface area (Å²) in [6.07, 6.45) is 5.33. The number of piperazine rings is 1. The van der Waals surface area contributed by atoms with Gasteiger partial charge >= 0.3 is 0 Å². The number of carbonyl (C=O) groups is 2. The number of aromatic nitrogens is 2. The molecule has 0 aromatic carbocycles. The largest absolute Gasteiger partial charge is 0.357 e. The smallest absolute Gasteiger partial charge is 0.270 e. The van der Waals surface area contributed by atoms with Crippen LogP contribution in [0.2, 0.25) is 0 Å². The molecule has 1 aliphatic rings. The van der Waals surface area contributed by atoms with Crippen molar-refractivity contribution in [1.29, 1.82) is 0 Å². The molecule has 3 heterocycles. The molecule has 120 valence electrons. The van der Waals surface area contributed by atoms with E-state index in [0.29, 0.717) is 37.4 Å². The molecule has 2 aromatic rings. The summed E-state index contributed by atoms with van der Waals surface area (Å²) in [6.45, 7) is 2.15. The Balaban J connectivity index is 1.65. The summed E-state index contributed by atoms with van der Waals surface area (Å²) in [6, 6.07) is 7.15. The molecule has 1 aliphatic heterocycles. The summed E-state index contributed by atoms with van der Waals surface area (Å²) in [5.74, 6) is -0.0392. The number of hydrogen-bond acceptors (Lipinski definition) is 4. The average molecular weight is 330 g/mol. The lowest BCUT2D eigenvalue weighted by molar-refractivity contribution is 0.0530. The van der Waals surface area contributed by atoms with E-state index >= 15 is 0 Å². The lowest BCUT2D eigenvalue weighted by atomic mass is 10.2. The van der Waals surface area contributed by atoms with Crippen molar-refractivity contribution in [3.05, 3.63) is 47.9 Å². The van der Waals surface area contributed by atoms with E-state index in [4.69, 9.17) is 0 Å². The van der Waals surface area contributed by atoms with Gasteiger partial charge in [0.1, 0.15) is 10.7 Å². The van der Waals surface area contributed by atoms with Crippen molar-refractivity contribution in [2.75, 3.05) is 32.4 Å².